The Labute approximate surface area is 204 Å². The van der Waals surface area contributed by atoms with E-state index in [0.29, 0.717) is 11.4 Å². The third kappa shape index (κ3) is 5.20. The third-order valence-electron chi connectivity index (χ3n) is 6.12. The first-order chi connectivity index (χ1) is 17.1. The highest BCUT2D eigenvalue weighted by Gasteiger charge is 2.35. The molecule has 4 aromatic rings. The number of hydrogen-bond donors (Lipinski definition) is 1. The Hall–Kier alpha value is -4.09. The number of nitrogens with zero attached hydrogens (tertiary/aromatic N) is 2. The predicted octanol–water partition coefficient (Wildman–Crippen LogP) is 6.31. The Morgan fingerprint density at radius 1 is 0.857 bits per heavy atom. The van der Waals surface area contributed by atoms with E-state index >= 15 is 0 Å². The largest absolute Gasteiger partial charge is 0.325 e. The van der Waals surface area contributed by atoms with Crippen LogP contribution in [0.15, 0.2) is 108 Å². The van der Waals surface area contributed by atoms with Gasteiger partial charge in [0.15, 0.2) is 0 Å². The SMILES string of the molecule is CN(Cc1ccccc1)Cc1ccc(N=C(c2ccccc2)C2C(=O)Nc3cc(F)ccc32)cc1. The van der Waals surface area contributed by atoms with E-state index < -0.39 is 5.92 Å². The van der Waals surface area contributed by atoms with Gasteiger partial charge in [0.25, 0.3) is 0 Å². The molecule has 5 heteroatoms. The molecule has 0 radical (unpaired) electrons. The van der Waals surface area contributed by atoms with E-state index in [2.05, 4.69) is 53.7 Å². The zero-order valence-corrected chi connectivity index (χ0v) is 19.5. The van der Waals surface area contributed by atoms with Gasteiger partial charge in [-0.05, 0) is 53.6 Å². The number of nitrogens with one attached hydrogen (secondary N) is 1. The van der Waals surface area contributed by atoms with E-state index in [9.17, 15) is 9.18 Å². The summed E-state index contributed by atoms with van der Waals surface area (Å²) >= 11 is 0. The molecule has 174 valence electrons. The van der Waals surface area contributed by atoms with Crippen LogP contribution in [0, 0.1) is 5.82 Å². The van der Waals surface area contributed by atoms with Crippen LogP contribution in [0.3, 0.4) is 0 Å². The van der Waals surface area contributed by atoms with E-state index in [1.54, 1.807) is 6.07 Å². The number of carbonyl (C=O) groups excluding carboxylic acids is 1. The molecular formula is C30H26FN3O. The molecule has 0 saturated carbocycles. The Morgan fingerprint density at radius 3 is 2.17 bits per heavy atom. The van der Waals surface area contributed by atoms with Gasteiger partial charge >= 0.3 is 0 Å². The lowest BCUT2D eigenvalue weighted by molar-refractivity contribution is -0.115. The lowest BCUT2D eigenvalue weighted by Crippen LogP contribution is -2.22. The lowest BCUT2D eigenvalue weighted by Gasteiger charge is -2.17. The van der Waals surface area contributed by atoms with Crippen LogP contribution in [0.4, 0.5) is 15.8 Å². The number of hydrogen-bond acceptors (Lipinski definition) is 3. The van der Waals surface area contributed by atoms with Crippen LogP contribution in [0.25, 0.3) is 0 Å². The van der Waals surface area contributed by atoms with Gasteiger partial charge in [0.05, 0.1) is 11.4 Å². The molecule has 0 aromatic heterocycles. The molecule has 1 aliphatic heterocycles. The first kappa shape index (κ1) is 22.7. The molecule has 1 unspecified atom stereocenters. The van der Waals surface area contributed by atoms with Crippen LogP contribution < -0.4 is 5.32 Å². The first-order valence-electron chi connectivity index (χ1n) is 11.6. The summed E-state index contributed by atoms with van der Waals surface area (Å²) in [5.74, 6) is -1.19. The molecule has 0 saturated heterocycles. The van der Waals surface area contributed by atoms with Crippen LogP contribution >= 0.6 is 0 Å². The molecule has 4 aromatic carbocycles. The van der Waals surface area contributed by atoms with Crippen molar-refractivity contribution in [2.45, 2.75) is 19.0 Å². The monoisotopic (exact) mass is 463 g/mol. The van der Waals surface area contributed by atoms with E-state index in [0.717, 1.165) is 29.9 Å². The molecule has 0 fully saturated rings. The van der Waals surface area contributed by atoms with Crippen LogP contribution in [0.5, 0.6) is 0 Å². The van der Waals surface area contributed by atoms with Gasteiger partial charge in [-0.1, -0.05) is 78.9 Å². The smallest absolute Gasteiger partial charge is 0.238 e. The highest BCUT2D eigenvalue weighted by atomic mass is 19.1. The molecular weight excluding hydrogens is 437 g/mol. The summed E-state index contributed by atoms with van der Waals surface area (Å²) in [4.78, 5) is 20.1. The number of halogens is 1. The maximum Gasteiger partial charge on any atom is 0.238 e. The highest BCUT2D eigenvalue weighted by molar-refractivity contribution is 6.24. The van der Waals surface area contributed by atoms with Crippen molar-refractivity contribution in [1.29, 1.82) is 0 Å². The minimum absolute atomic E-state index is 0.202. The van der Waals surface area contributed by atoms with Crippen molar-refractivity contribution >= 4 is 23.0 Å². The molecule has 4 nitrogen and oxygen atoms in total. The summed E-state index contributed by atoms with van der Waals surface area (Å²) in [6.07, 6.45) is 0. The van der Waals surface area contributed by atoms with Gasteiger partial charge in [-0.15, -0.1) is 0 Å². The van der Waals surface area contributed by atoms with Crippen LogP contribution in [0.2, 0.25) is 0 Å². The molecule has 1 aliphatic rings. The quantitative estimate of drug-likeness (QED) is 0.326. The average molecular weight is 464 g/mol. The Kier molecular flexibility index (Phi) is 6.51. The number of benzene rings is 4. The highest BCUT2D eigenvalue weighted by Crippen LogP contribution is 2.36. The van der Waals surface area contributed by atoms with Crippen molar-refractivity contribution in [2.24, 2.45) is 4.99 Å². The fourth-order valence-corrected chi connectivity index (χ4v) is 4.49. The van der Waals surface area contributed by atoms with Crippen molar-refractivity contribution in [3.63, 3.8) is 0 Å². The Bertz CT molecular complexity index is 1350. The summed E-state index contributed by atoms with van der Waals surface area (Å²) in [6, 6.07) is 32.6. The topological polar surface area (TPSA) is 44.7 Å². The second kappa shape index (κ2) is 10.0. The second-order valence-electron chi connectivity index (χ2n) is 8.84. The van der Waals surface area contributed by atoms with Gasteiger partial charge in [-0.2, -0.15) is 0 Å². The van der Waals surface area contributed by atoms with Gasteiger partial charge in [0, 0.05) is 18.8 Å². The minimum atomic E-state index is -0.607. The third-order valence-corrected chi connectivity index (χ3v) is 6.12. The normalized spacial score (nSPS) is 15.2. The van der Waals surface area contributed by atoms with Crippen molar-refractivity contribution in [3.05, 3.63) is 131 Å². The van der Waals surface area contributed by atoms with Gasteiger partial charge in [-0.25, -0.2) is 4.39 Å². The summed E-state index contributed by atoms with van der Waals surface area (Å²) in [5, 5.41) is 2.81. The number of fused-ring (bicyclic) bond motifs is 1. The Morgan fingerprint density at radius 2 is 1.49 bits per heavy atom. The summed E-state index contributed by atoms with van der Waals surface area (Å²) in [6.45, 7) is 1.68. The number of aliphatic imine (C=N–C) groups is 1. The molecule has 0 spiro atoms. The van der Waals surface area contributed by atoms with Crippen molar-refractivity contribution in [2.75, 3.05) is 12.4 Å². The van der Waals surface area contributed by atoms with Gasteiger partial charge in [-0.3, -0.25) is 14.7 Å². The van der Waals surface area contributed by atoms with Crippen LogP contribution in [0.1, 0.15) is 28.2 Å². The number of rotatable bonds is 7. The zero-order chi connectivity index (χ0) is 24.2. The summed E-state index contributed by atoms with van der Waals surface area (Å²) < 4.78 is 13.8. The van der Waals surface area contributed by atoms with Gasteiger partial charge in [0.2, 0.25) is 5.91 Å². The maximum absolute atomic E-state index is 13.8. The fourth-order valence-electron chi connectivity index (χ4n) is 4.49. The molecule has 1 heterocycles. The van der Waals surface area contributed by atoms with Gasteiger partial charge in [0.1, 0.15) is 11.7 Å². The minimum Gasteiger partial charge on any atom is -0.325 e. The molecule has 1 amide bonds. The van der Waals surface area contributed by atoms with Crippen molar-refractivity contribution < 1.29 is 9.18 Å². The maximum atomic E-state index is 13.8. The molecule has 0 bridgehead atoms. The van der Waals surface area contributed by atoms with E-state index in [1.807, 2.05) is 48.5 Å². The molecule has 1 atom stereocenters. The van der Waals surface area contributed by atoms with Crippen molar-refractivity contribution in [3.8, 4) is 0 Å². The van der Waals surface area contributed by atoms with Crippen LogP contribution in [-0.2, 0) is 17.9 Å². The average Bonchev–Trinajstić information content (AvgIpc) is 3.19. The number of carbonyl (C=O) groups is 1. The van der Waals surface area contributed by atoms with E-state index in [1.165, 1.54) is 23.3 Å². The zero-order valence-electron chi connectivity index (χ0n) is 19.5. The fraction of sp³-hybridized carbons (Fsp3) is 0.133. The summed E-state index contributed by atoms with van der Waals surface area (Å²) in [7, 11) is 2.10. The standard InChI is InChI=1S/C30H26FN3O/c1-34(19-21-8-4-2-5-9-21)20-22-12-15-25(16-13-22)32-29(23-10-6-3-7-11-23)28-26-17-14-24(31)18-27(26)33-30(28)35/h2-18,28H,19-20H2,1H3,(H,33,35). The van der Waals surface area contributed by atoms with E-state index in [-0.39, 0.29) is 11.7 Å². The second-order valence-corrected chi connectivity index (χ2v) is 8.84. The number of amides is 1. The molecule has 1 N–H and O–H groups in total. The Balaban J connectivity index is 1.41. The van der Waals surface area contributed by atoms with Gasteiger partial charge < -0.3 is 5.32 Å². The predicted molar refractivity (Wildman–Crippen MR) is 138 cm³/mol. The first-order valence-corrected chi connectivity index (χ1v) is 11.6. The summed E-state index contributed by atoms with van der Waals surface area (Å²) in [5.41, 5.74) is 5.96. The number of anilines is 1. The molecule has 5 rings (SSSR count). The van der Waals surface area contributed by atoms with Crippen molar-refractivity contribution in [1.82, 2.24) is 4.90 Å². The molecule has 35 heavy (non-hydrogen) atoms. The lowest BCUT2D eigenvalue weighted by atomic mass is 9.90. The molecule has 0 aliphatic carbocycles. The van der Waals surface area contributed by atoms with E-state index in [4.69, 9.17) is 4.99 Å². The van der Waals surface area contributed by atoms with Crippen LogP contribution in [-0.4, -0.2) is 23.6 Å².